The summed E-state index contributed by atoms with van der Waals surface area (Å²) >= 11 is 0. The Morgan fingerprint density at radius 3 is 2.45 bits per heavy atom. The predicted octanol–water partition coefficient (Wildman–Crippen LogP) is 6.51. The highest BCUT2D eigenvalue weighted by molar-refractivity contribution is 5.84. The third-order valence-electron chi connectivity index (χ3n) is 9.46. The van der Waals surface area contributed by atoms with Gasteiger partial charge in [-0.1, -0.05) is 12.1 Å². The van der Waals surface area contributed by atoms with Crippen LogP contribution in [0.15, 0.2) is 46.9 Å². The third kappa shape index (κ3) is 5.80. The Labute approximate surface area is 240 Å². The Morgan fingerprint density at radius 2 is 1.79 bits per heavy atom. The number of aromatic nitrogens is 2. The maximum absolute atomic E-state index is 14.0. The lowest BCUT2D eigenvalue weighted by Crippen LogP contribution is -2.44. The van der Waals surface area contributed by atoms with Gasteiger partial charge in [0.25, 0.3) is 0 Å². The zero-order chi connectivity index (χ0) is 29.6. The van der Waals surface area contributed by atoms with Gasteiger partial charge < -0.3 is 14.6 Å². The second-order valence-corrected chi connectivity index (χ2v) is 12.1. The van der Waals surface area contributed by atoms with Gasteiger partial charge in [-0.2, -0.15) is 13.2 Å². The average molecular weight is 589 g/mol. The van der Waals surface area contributed by atoms with Crippen molar-refractivity contribution in [1.29, 1.82) is 0 Å². The number of hydrogen-bond donors (Lipinski definition) is 1. The van der Waals surface area contributed by atoms with E-state index < -0.39 is 23.0 Å². The van der Waals surface area contributed by atoms with Crippen molar-refractivity contribution < 1.29 is 31.2 Å². The summed E-state index contributed by atoms with van der Waals surface area (Å²) in [5.41, 5.74) is -0.632. The minimum Gasteiger partial charge on any atom is -0.425 e. The van der Waals surface area contributed by atoms with E-state index in [4.69, 9.17) is 4.42 Å². The normalized spacial score (nSPS) is 26.9. The number of carbonyl (C=O) groups excluding carboxylic acids is 1. The zero-order valence-electron chi connectivity index (χ0n) is 23.3. The lowest BCUT2D eigenvalue weighted by molar-refractivity contribution is -0.137. The number of likely N-dealkylation sites (tertiary alicyclic amines) is 1. The molecule has 1 saturated heterocycles. The molecule has 224 valence electrons. The van der Waals surface area contributed by atoms with Crippen LogP contribution in [-0.4, -0.2) is 40.1 Å². The van der Waals surface area contributed by atoms with E-state index in [1.165, 1.54) is 12.1 Å². The second-order valence-electron chi connectivity index (χ2n) is 12.1. The summed E-state index contributed by atoms with van der Waals surface area (Å²) in [6.45, 7) is 3.24. The van der Waals surface area contributed by atoms with Gasteiger partial charge in [-0.05, 0) is 105 Å². The molecule has 1 amide bonds. The summed E-state index contributed by atoms with van der Waals surface area (Å²) in [7, 11) is 0. The van der Waals surface area contributed by atoms with Crippen LogP contribution in [0.2, 0.25) is 0 Å². The fraction of sp³-hybridized carbons (Fsp3) is 0.516. The van der Waals surface area contributed by atoms with Gasteiger partial charge in [0.1, 0.15) is 11.6 Å². The zero-order valence-corrected chi connectivity index (χ0v) is 23.3. The standard InChI is InChI=1S/C31H33F5N4O2/c1-18-38-39-28(42-18)26-15-27(26)30(29(41)37-17-19-12-22(31(34,35)36)14-24(33)13-19)9-6-25(16-30)40-10-7-21(8-11-40)20-2-4-23(32)5-3-20/h2-5,12-14,21,25-27H,6-11,15-17H2,1H3,(H,37,41). The van der Waals surface area contributed by atoms with Crippen molar-refractivity contribution in [3.63, 3.8) is 0 Å². The van der Waals surface area contributed by atoms with Crippen molar-refractivity contribution in [2.45, 2.75) is 76.0 Å². The maximum atomic E-state index is 14.0. The molecule has 1 aliphatic heterocycles. The molecule has 6 rings (SSSR count). The van der Waals surface area contributed by atoms with Crippen molar-refractivity contribution >= 4 is 5.91 Å². The minimum absolute atomic E-state index is 0.0302. The first-order valence-electron chi connectivity index (χ1n) is 14.5. The Bertz CT molecular complexity index is 1430. The van der Waals surface area contributed by atoms with E-state index >= 15 is 0 Å². The summed E-state index contributed by atoms with van der Waals surface area (Å²) in [6.07, 6.45) is -0.0245. The summed E-state index contributed by atoms with van der Waals surface area (Å²) in [5.74, 6) is -0.234. The lowest BCUT2D eigenvalue weighted by Gasteiger charge is -2.37. The van der Waals surface area contributed by atoms with Gasteiger partial charge in [0.15, 0.2) is 0 Å². The highest BCUT2D eigenvalue weighted by Gasteiger charge is 2.61. The van der Waals surface area contributed by atoms with Gasteiger partial charge in [-0.3, -0.25) is 4.79 Å². The van der Waals surface area contributed by atoms with E-state index in [1.54, 1.807) is 6.92 Å². The smallest absolute Gasteiger partial charge is 0.416 e. The maximum Gasteiger partial charge on any atom is 0.416 e. The molecule has 4 atom stereocenters. The molecule has 3 aromatic rings. The molecule has 3 aliphatic rings. The molecule has 2 saturated carbocycles. The molecule has 1 N–H and O–H groups in total. The van der Waals surface area contributed by atoms with Crippen molar-refractivity contribution in [2.75, 3.05) is 13.1 Å². The molecule has 42 heavy (non-hydrogen) atoms. The molecule has 0 radical (unpaired) electrons. The molecular weight excluding hydrogens is 555 g/mol. The molecule has 1 aromatic heterocycles. The minimum atomic E-state index is -4.69. The monoisotopic (exact) mass is 588 g/mol. The Morgan fingerprint density at radius 1 is 1.05 bits per heavy atom. The first kappa shape index (κ1) is 28.8. The van der Waals surface area contributed by atoms with Crippen molar-refractivity contribution in [2.24, 2.45) is 11.3 Å². The van der Waals surface area contributed by atoms with Crippen LogP contribution < -0.4 is 5.32 Å². The third-order valence-corrected chi connectivity index (χ3v) is 9.46. The fourth-order valence-electron chi connectivity index (χ4n) is 7.22. The van der Waals surface area contributed by atoms with Crippen molar-refractivity contribution in [3.05, 3.63) is 82.6 Å². The van der Waals surface area contributed by atoms with Crippen molar-refractivity contribution in [3.8, 4) is 0 Å². The second kappa shape index (κ2) is 11.1. The number of rotatable bonds is 7. The molecule has 6 nitrogen and oxygen atoms in total. The van der Waals surface area contributed by atoms with Gasteiger partial charge in [-0.15, -0.1) is 10.2 Å². The molecule has 2 heterocycles. The fourth-order valence-corrected chi connectivity index (χ4v) is 7.22. The van der Waals surface area contributed by atoms with Crippen LogP contribution in [0.5, 0.6) is 0 Å². The molecule has 2 aliphatic carbocycles. The highest BCUT2D eigenvalue weighted by Crippen LogP contribution is 2.63. The molecule has 3 fully saturated rings. The number of nitrogens with one attached hydrogen (secondary N) is 1. The SMILES string of the molecule is Cc1nnc(C2CC2C2(C(=O)NCc3cc(F)cc(C(F)(F)F)c3)CCC(N3CCC(c4ccc(F)cc4)CC3)C2)o1. The molecule has 0 spiro atoms. The van der Waals surface area contributed by atoms with Crippen LogP contribution >= 0.6 is 0 Å². The van der Waals surface area contributed by atoms with Crippen LogP contribution in [0, 0.1) is 29.9 Å². The van der Waals surface area contributed by atoms with Gasteiger partial charge in [0, 0.05) is 25.4 Å². The van der Waals surface area contributed by atoms with Crippen LogP contribution in [0.3, 0.4) is 0 Å². The van der Waals surface area contributed by atoms with Gasteiger partial charge >= 0.3 is 6.18 Å². The number of alkyl halides is 3. The van der Waals surface area contributed by atoms with Crippen molar-refractivity contribution in [1.82, 2.24) is 20.4 Å². The molecule has 11 heteroatoms. The Balaban J connectivity index is 1.16. The topological polar surface area (TPSA) is 71.3 Å². The number of aryl methyl sites for hydroxylation is 1. The summed E-state index contributed by atoms with van der Waals surface area (Å²) in [4.78, 5) is 16.4. The molecule has 4 unspecified atom stereocenters. The van der Waals surface area contributed by atoms with Crippen LogP contribution in [0.4, 0.5) is 22.0 Å². The van der Waals surface area contributed by atoms with Crippen LogP contribution in [0.25, 0.3) is 0 Å². The van der Waals surface area contributed by atoms with E-state index in [1.807, 2.05) is 12.1 Å². The number of benzene rings is 2. The van der Waals surface area contributed by atoms with E-state index in [9.17, 15) is 26.7 Å². The number of piperidine rings is 1. The lowest BCUT2D eigenvalue weighted by atomic mass is 9.78. The quantitative estimate of drug-likeness (QED) is 0.319. The predicted molar refractivity (Wildman–Crippen MR) is 143 cm³/mol. The number of hydrogen-bond acceptors (Lipinski definition) is 5. The first-order valence-corrected chi connectivity index (χ1v) is 14.5. The highest BCUT2D eigenvalue weighted by atomic mass is 19.4. The van der Waals surface area contributed by atoms with Gasteiger partial charge in [-0.25, -0.2) is 8.78 Å². The number of carbonyl (C=O) groups is 1. The van der Waals surface area contributed by atoms with E-state index in [0.717, 1.165) is 50.0 Å². The Kier molecular flexibility index (Phi) is 7.57. The summed E-state index contributed by atoms with van der Waals surface area (Å²) in [6, 6.07) is 9.22. The van der Waals surface area contributed by atoms with E-state index in [2.05, 4.69) is 20.4 Å². The first-order chi connectivity index (χ1) is 20.0. The summed E-state index contributed by atoms with van der Waals surface area (Å²) < 4.78 is 72.8. The number of nitrogens with zero attached hydrogens (tertiary/aromatic N) is 3. The molecule has 2 aromatic carbocycles. The average Bonchev–Trinajstić information content (AvgIpc) is 3.44. The number of halogens is 5. The van der Waals surface area contributed by atoms with Crippen LogP contribution in [0.1, 0.15) is 78.8 Å². The van der Waals surface area contributed by atoms with Gasteiger partial charge in [0.2, 0.25) is 17.7 Å². The largest absolute Gasteiger partial charge is 0.425 e. The van der Waals surface area contributed by atoms with Gasteiger partial charge in [0.05, 0.1) is 11.0 Å². The molecular formula is C31H33F5N4O2. The summed E-state index contributed by atoms with van der Waals surface area (Å²) in [5, 5.41) is 11.0. The number of amides is 1. The van der Waals surface area contributed by atoms with Crippen LogP contribution in [-0.2, 0) is 17.5 Å². The van der Waals surface area contributed by atoms with E-state index in [-0.39, 0.29) is 41.7 Å². The molecule has 0 bridgehead atoms. The van der Waals surface area contributed by atoms with E-state index in [0.29, 0.717) is 43.0 Å². The Hall–Kier alpha value is -3.34.